The van der Waals surface area contributed by atoms with Gasteiger partial charge in [0, 0.05) is 24.6 Å². The Hall–Kier alpha value is -4.07. The van der Waals surface area contributed by atoms with Crippen LogP contribution in [0.25, 0.3) is 0 Å². The van der Waals surface area contributed by atoms with E-state index in [-0.39, 0.29) is 11.4 Å². The van der Waals surface area contributed by atoms with Crippen LogP contribution in [0.5, 0.6) is 0 Å². The van der Waals surface area contributed by atoms with Gasteiger partial charge in [-0.15, -0.1) is 0 Å². The van der Waals surface area contributed by atoms with Crippen molar-refractivity contribution in [3.63, 3.8) is 0 Å². The van der Waals surface area contributed by atoms with Crippen molar-refractivity contribution in [3.8, 4) is 0 Å². The van der Waals surface area contributed by atoms with Crippen LogP contribution >= 0.6 is 0 Å². The molecule has 146 valence electrons. The Morgan fingerprint density at radius 1 is 0.931 bits per heavy atom. The molecule has 0 atom stereocenters. The minimum atomic E-state index is -0.474. The van der Waals surface area contributed by atoms with Crippen molar-refractivity contribution < 1.29 is 19.1 Å². The number of nitrogens with one attached hydrogen (secondary N) is 2. The van der Waals surface area contributed by atoms with Gasteiger partial charge in [-0.3, -0.25) is 14.6 Å². The van der Waals surface area contributed by atoms with Crippen molar-refractivity contribution in [1.29, 1.82) is 0 Å². The number of methoxy groups -OCH3 is 1. The molecule has 0 saturated heterocycles. The molecule has 29 heavy (non-hydrogen) atoms. The van der Waals surface area contributed by atoms with E-state index in [2.05, 4.69) is 25.3 Å². The number of rotatable bonds is 6. The Labute approximate surface area is 167 Å². The van der Waals surface area contributed by atoms with Crippen LogP contribution in [0.15, 0.2) is 67.0 Å². The normalized spacial score (nSPS) is 10.1. The van der Waals surface area contributed by atoms with Gasteiger partial charge in [-0.05, 0) is 48.0 Å². The number of benzene rings is 1. The summed E-state index contributed by atoms with van der Waals surface area (Å²) in [5.41, 5.74) is 1.93. The Morgan fingerprint density at radius 2 is 1.66 bits per heavy atom. The monoisotopic (exact) mass is 390 g/mol. The van der Waals surface area contributed by atoms with E-state index < -0.39 is 17.8 Å². The summed E-state index contributed by atoms with van der Waals surface area (Å²) in [6.45, 7) is 0.303. The zero-order chi connectivity index (χ0) is 20.6. The van der Waals surface area contributed by atoms with E-state index in [1.165, 1.54) is 31.4 Å². The van der Waals surface area contributed by atoms with E-state index in [9.17, 15) is 14.4 Å². The van der Waals surface area contributed by atoms with E-state index in [0.717, 1.165) is 5.56 Å². The molecule has 2 aromatic heterocycles. The smallest absolute Gasteiger partial charge is 0.337 e. The Kier molecular flexibility index (Phi) is 6.26. The second kappa shape index (κ2) is 9.23. The Bertz CT molecular complexity index is 1020. The molecular weight excluding hydrogens is 372 g/mol. The summed E-state index contributed by atoms with van der Waals surface area (Å²) in [6.07, 6.45) is 3.31. The summed E-state index contributed by atoms with van der Waals surface area (Å²) < 4.78 is 4.63. The van der Waals surface area contributed by atoms with Crippen LogP contribution < -0.4 is 10.6 Å². The number of pyridine rings is 2. The zero-order valence-corrected chi connectivity index (χ0v) is 15.6. The summed E-state index contributed by atoms with van der Waals surface area (Å²) in [6, 6.07) is 14.5. The first-order chi connectivity index (χ1) is 14.1. The lowest BCUT2D eigenvalue weighted by atomic mass is 10.2. The summed E-state index contributed by atoms with van der Waals surface area (Å²) in [5.74, 6) is -1.33. The van der Waals surface area contributed by atoms with Gasteiger partial charge in [-0.2, -0.15) is 0 Å². The van der Waals surface area contributed by atoms with Gasteiger partial charge in [0.25, 0.3) is 11.8 Å². The molecule has 2 N–H and O–H groups in total. The van der Waals surface area contributed by atoms with Crippen LogP contribution in [0.2, 0.25) is 0 Å². The fraction of sp³-hybridized carbons (Fsp3) is 0.0952. The number of esters is 1. The van der Waals surface area contributed by atoms with Crippen LogP contribution in [0.4, 0.5) is 5.69 Å². The Balaban J connectivity index is 1.64. The summed E-state index contributed by atoms with van der Waals surface area (Å²) >= 11 is 0. The molecule has 0 bridgehead atoms. The molecule has 3 aromatic rings. The molecule has 0 saturated carbocycles. The molecule has 0 radical (unpaired) electrons. The number of hydrogen-bond acceptors (Lipinski definition) is 6. The quantitative estimate of drug-likeness (QED) is 0.626. The molecule has 2 amide bonds. The number of carbonyl (C=O) groups excluding carboxylic acids is 3. The van der Waals surface area contributed by atoms with E-state index in [4.69, 9.17) is 0 Å². The van der Waals surface area contributed by atoms with Crippen LogP contribution in [0, 0.1) is 0 Å². The summed E-state index contributed by atoms with van der Waals surface area (Å²) in [5, 5.41) is 5.41. The van der Waals surface area contributed by atoms with Gasteiger partial charge < -0.3 is 15.4 Å². The van der Waals surface area contributed by atoms with Gasteiger partial charge >= 0.3 is 5.97 Å². The van der Waals surface area contributed by atoms with Crippen molar-refractivity contribution in [2.24, 2.45) is 0 Å². The highest BCUT2D eigenvalue weighted by Gasteiger charge is 2.13. The van der Waals surface area contributed by atoms with Crippen molar-refractivity contribution in [2.75, 3.05) is 12.4 Å². The van der Waals surface area contributed by atoms with E-state index in [1.54, 1.807) is 36.7 Å². The fourth-order valence-corrected chi connectivity index (χ4v) is 2.47. The van der Waals surface area contributed by atoms with Crippen LogP contribution in [-0.2, 0) is 11.3 Å². The molecule has 0 aliphatic heterocycles. The standard InChI is InChI=1S/C21H18N4O4/c1-29-21(28)15-7-9-16(10-8-15)24-20(27)18-6-2-5-17(25-18)19(26)23-13-14-4-3-11-22-12-14/h2-12H,13H2,1H3,(H,23,26)(H,24,27). The van der Waals surface area contributed by atoms with Gasteiger partial charge in [0.2, 0.25) is 0 Å². The third kappa shape index (κ3) is 5.23. The summed E-state index contributed by atoms with van der Waals surface area (Å²) in [7, 11) is 1.30. The highest BCUT2D eigenvalue weighted by atomic mass is 16.5. The fourth-order valence-electron chi connectivity index (χ4n) is 2.47. The molecular formula is C21H18N4O4. The number of anilines is 1. The van der Waals surface area contributed by atoms with Crippen molar-refractivity contribution in [2.45, 2.75) is 6.54 Å². The maximum atomic E-state index is 12.4. The lowest BCUT2D eigenvalue weighted by molar-refractivity contribution is 0.0600. The average molecular weight is 390 g/mol. The average Bonchev–Trinajstić information content (AvgIpc) is 2.78. The first-order valence-corrected chi connectivity index (χ1v) is 8.70. The number of hydrogen-bond donors (Lipinski definition) is 2. The third-order valence-corrected chi connectivity index (χ3v) is 3.95. The molecule has 0 unspecified atom stereocenters. The summed E-state index contributed by atoms with van der Waals surface area (Å²) in [4.78, 5) is 44.3. The molecule has 1 aromatic carbocycles. The molecule has 0 fully saturated rings. The molecule has 0 aliphatic rings. The third-order valence-electron chi connectivity index (χ3n) is 3.95. The lowest BCUT2D eigenvalue weighted by Gasteiger charge is -2.08. The number of ether oxygens (including phenoxy) is 1. The predicted octanol–water partition coefficient (Wildman–Crippen LogP) is 2.45. The minimum Gasteiger partial charge on any atom is -0.465 e. The van der Waals surface area contributed by atoms with Crippen LogP contribution in [-0.4, -0.2) is 34.9 Å². The van der Waals surface area contributed by atoms with Gasteiger partial charge in [-0.25, -0.2) is 9.78 Å². The van der Waals surface area contributed by atoms with Crippen molar-refractivity contribution in [3.05, 3.63) is 89.5 Å². The number of amides is 2. The second-order valence-corrected chi connectivity index (χ2v) is 5.98. The van der Waals surface area contributed by atoms with Gasteiger partial charge in [0.05, 0.1) is 12.7 Å². The van der Waals surface area contributed by atoms with Crippen molar-refractivity contribution >= 4 is 23.5 Å². The maximum Gasteiger partial charge on any atom is 0.337 e. The molecule has 0 aliphatic carbocycles. The first-order valence-electron chi connectivity index (χ1n) is 8.70. The number of nitrogens with zero attached hydrogens (tertiary/aromatic N) is 2. The van der Waals surface area contributed by atoms with Gasteiger partial charge in [0.15, 0.2) is 0 Å². The van der Waals surface area contributed by atoms with E-state index in [1.807, 2.05) is 6.07 Å². The SMILES string of the molecule is COC(=O)c1ccc(NC(=O)c2cccc(C(=O)NCc3cccnc3)n2)cc1. The molecule has 2 heterocycles. The molecule has 3 rings (SSSR count). The first kappa shape index (κ1) is 19.7. The minimum absolute atomic E-state index is 0.0936. The van der Waals surface area contributed by atoms with E-state index >= 15 is 0 Å². The van der Waals surface area contributed by atoms with Crippen LogP contribution in [0.3, 0.4) is 0 Å². The predicted molar refractivity (Wildman–Crippen MR) is 105 cm³/mol. The van der Waals surface area contributed by atoms with E-state index in [0.29, 0.717) is 17.8 Å². The van der Waals surface area contributed by atoms with Crippen LogP contribution in [0.1, 0.15) is 36.9 Å². The van der Waals surface area contributed by atoms with Gasteiger partial charge in [0.1, 0.15) is 11.4 Å². The number of carbonyl (C=O) groups is 3. The largest absolute Gasteiger partial charge is 0.465 e. The highest BCUT2D eigenvalue weighted by Crippen LogP contribution is 2.12. The number of aromatic nitrogens is 2. The lowest BCUT2D eigenvalue weighted by Crippen LogP contribution is -2.25. The molecule has 8 heteroatoms. The second-order valence-electron chi connectivity index (χ2n) is 5.98. The molecule has 0 spiro atoms. The van der Waals surface area contributed by atoms with Crippen molar-refractivity contribution in [1.82, 2.24) is 15.3 Å². The van der Waals surface area contributed by atoms with Gasteiger partial charge in [-0.1, -0.05) is 12.1 Å². The molecule has 8 nitrogen and oxygen atoms in total. The zero-order valence-electron chi connectivity index (χ0n) is 15.6. The highest BCUT2D eigenvalue weighted by molar-refractivity contribution is 6.04. The topological polar surface area (TPSA) is 110 Å². The Morgan fingerprint density at radius 3 is 2.31 bits per heavy atom. The maximum absolute atomic E-state index is 12.4.